The highest BCUT2D eigenvalue weighted by Crippen LogP contribution is 2.47. The van der Waals surface area contributed by atoms with Crippen LogP contribution in [-0.4, -0.2) is 34.5 Å². The molecule has 0 aromatic rings. The Bertz CT molecular complexity index is 428. The molecule has 4 nitrogen and oxygen atoms in total. The van der Waals surface area contributed by atoms with Gasteiger partial charge in [0.2, 0.25) is 5.91 Å². The van der Waals surface area contributed by atoms with Crippen LogP contribution in [0.5, 0.6) is 0 Å². The minimum Gasteiger partial charge on any atom is -0.342 e. The van der Waals surface area contributed by atoms with Crippen molar-refractivity contribution < 1.29 is 9.59 Å². The molecule has 5 heteroatoms. The fourth-order valence-electron chi connectivity index (χ4n) is 3.26. The number of carbonyl (C=O) groups is 2. The molecule has 0 bridgehead atoms. The molecule has 0 radical (unpaired) electrons. The molecule has 2 aliphatic rings. The van der Waals surface area contributed by atoms with E-state index >= 15 is 0 Å². The third-order valence-corrected chi connectivity index (χ3v) is 5.20. The molecule has 20 heavy (non-hydrogen) atoms. The van der Waals surface area contributed by atoms with Gasteiger partial charge >= 0.3 is 0 Å². The van der Waals surface area contributed by atoms with E-state index in [4.69, 9.17) is 0 Å². The zero-order chi connectivity index (χ0) is 15.1. The van der Waals surface area contributed by atoms with Gasteiger partial charge in [0, 0.05) is 18.4 Å². The Hall–Kier alpha value is -0.730. The standard InChI is InChI=1S/C15H25N2O2P/c1-5-11-8-15(11,13(18)9(2)3)16-14(19)12-10(4)6-7-17(12)20/h5,9-12H,1,6-8,20H2,2-4H3,(H,16,19). The summed E-state index contributed by atoms with van der Waals surface area (Å²) in [5.41, 5.74) is -0.694. The molecule has 112 valence electrons. The lowest BCUT2D eigenvalue weighted by atomic mass is 9.96. The Morgan fingerprint density at radius 1 is 1.50 bits per heavy atom. The number of nitrogens with one attached hydrogen (secondary N) is 1. The van der Waals surface area contributed by atoms with E-state index in [2.05, 4.69) is 28.2 Å². The Morgan fingerprint density at radius 2 is 2.15 bits per heavy atom. The van der Waals surface area contributed by atoms with Crippen molar-refractivity contribution >= 4 is 21.1 Å². The van der Waals surface area contributed by atoms with Crippen molar-refractivity contribution in [3.05, 3.63) is 12.7 Å². The molecule has 1 aliphatic heterocycles. The lowest BCUT2D eigenvalue weighted by Gasteiger charge is -2.26. The highest BCUT2D eigenvalue weighted by molar-refractivity contribution is 7.13. The molecule has 0 aromatic carbocycles. The number of Topliss-reactive ketones (excluding diaryl/α,β-unsaturated/α-hetero) is 1. The number of nitrogens with zero attached hydrogens (tertiary/aromatic N) is 1. The minimum absolute atomic E-state index is 0.0247. The van der Waals surface area contributed by atoms with Gasteiger partial charge in [-0.15, -0.1) is 6.58 Å². The molecule has 1 heterocycles. The van der Waals surface area contributed by atoms with E-state index in [1.54, 1.807) is 6.08 Å². The SMILES string of the molecule is C=CC1CC1(NC(=O)C1C(C)CCN1P)C(=O)C(C)C. The smallest absolute Gasteiger partial charge is 0.238 e. The Balaban J connectivity index is 2.12. The first-order chi connectivity index (χ1) is 9.33. The number of rotatable bonds is 5. The average molecular weight is 296 g/mol. The van der Waals surface area contributed by atoms with E-state index in [9.17, 15) is 9.59 Å². The molecule has 1 aliphatic carbocycles. The first-order valence-electron chi connectivity index (χ1n) is 7.33. The third kappa shape index (κ3) is 2.56. The van der Waals surface area contributed by atoms with Gasteiger partial charge in [-0.05, 0) is 18.8 Å². The fraction of sp³-hybridized carbons (Fsp3) is 0.733. The summed E-state index contributed by atoms with van der Waals surface area (Å²) in [5.74, 6) is 0.420. The first kappa shape index (κ1) is 15.7. The maximum absolute atomic E-state index is 12.6. The topological polar surface area (TPSA) is 49.4 Å². The second-order valence-electron chi connectivity index (χ2n) is 6.47. The highest BCUT2D eigenvalue weighted by atomic mass is 31.0. The van der Waals surface area contributed by atoms with Crippen LogP contribution < -0.4 is 5.32 Å². The lowest BCUT2D eigenvalue weighted by Crippen LogP contribution is -2.52. The van der Waals surface area contributed by atoms with E-state index in [-0.39, 0.29) is 29.6 Å². The van der Waals surface area contributed by atoms with Crippen molar-refractivity contribution in [2.24, 2.45) is 17.8 Å². The number of amides is 1. The second kappa shape index (κ2) is 5.57. The van der Waals surface area contributed by atoms with Crippen LogP contribution in [0.2, 0.25) is 0 Å². The maximum Gasteiger partial charge on any atom is 0.238 e. The van der Waals surface area contributed by atoms with E-state index in [0.29, 0.717) is 12.3 Å². The van der Waals surface area contributed by atoms with Gasteiger partial charge in [-0.1, -0.05) is 36.2 Å². The summed E-state index contributed by atoms with van der Waals surface area (Å²) in [6.45, 7) is 10.5. The number of ketones is 1. The Kier molecular flexibility index (Phi) is 4.36. The van der Waals surface area contributed by atoms with Crippen LogP contribution in [-0.2, 0) is 9.59 Å². The quantitative estimate of drug-likeness (QED) is 0.621. The molecule has 5 atom stereocenters. The average Bonchev–Trinajstić information content (AvgIpc) is 2.99. The van der Waals surface area contributed by atoms with Crippen LogP contribution in [0.15, 0.2) is 12.7 Å². The minimum atomic E-state index is -0.694. The van der Waals surface area contributed by atoms with Crippen LogP contribution in [0.25, 0.3) is 0 Å². The summed E-state index contributed by atoms with van der Waals surface area (Å²) in [6, 6.07) is -0.150. The van der Waals surface area contributed by atoms with Crippen molar-refractivity contribution in [1.82, 2.24) is 9.99 Å². The van der Waals surface area contributed by atoms with Crippen LogP contribution in [0, 0.1) is 17.8 Å². The van der Waals surface area contributed by atoms with Gasteiger partial charge in [0.1, 0.15) is 5.54 Å². The van der Waals surface area contributed by atoms with Gasteiger partial charge in [-0.25, -0.2) is 0 Å². The van der Waals surface area contributed by atoms with Gasteiger partial charge in [-0.2, -0.15) is 0 Å². The molecule has 2 fully saturated rings. The summed E-state index contributed by atoms with van der Waals surface area (Å²) in [7, 11) is 2.63. The predicted molar refractivity (Wildman–Crippen MR) is 83.0 cm³/mol. The molecule has 1 amide bonds. The lowest BCUT2D eigenvalue weighted by molar-refractivity contribution is -0.132. The first-order valence-corrected chi connectivity index (χ1v) is 7.85. The van der Waals surface area contributed by atoms with Crippen molar-refractivity contribution in [2.45, 2.75) is 45.2 Å². The van der Waals surface area contributed by atoms with Crippen molar-refractivity contribution in [1.29, 1.82) is 0 Å². The summed E-state index contributed by atoms with van der Waals surface area (Å²) < 4.78 is 2.00. The van der Waals surface area contributed by atoms with Crippen molar-refractivity contribution in [3.63, 3.8) is 0 Å². The zero-order valence-electron chi connectivity index (χ0n) is 12.6. The van der Waals surface area contributed by atoms with Crippen LogP contribution >= 0.6 is 9.39 Å². The summed E-state index contributed by atoms with van der Waals surface area (Å²) in [6.07, 6.45) is 3.49. The molecule has 2 rings (SSSR count). The van der Waals surface area contributed by atoms with Gasteiger partial charge in [-0.3, -0.25) is 14.3 Å². The van der Waals surface area contributed by atoms with Crippen molar-refractivity contribution in [2.75, 3.05) is 6.54 Å². The number of carbonyl (C=O) groups excluding carboxylic acids is 2. The number of hydrogen-bond donors (Lipinski definition) is 1. The summed E-state index contributed by atoms with van der Waals surface area (Å²) >= 11 is 0. The molecule has 1 saturated heterocycles. The largest absolute Gasteiger partial charge is 0.342 e. The Morgan fingerprint density at radius 3 is 2.55 bits per heavy atom. The van der Waals surface area contributed by atoms with Gasteiger partial charge in [0.25, 0.3) is 0 Å². The molecule has 1 saturated carbocycles. The predicted octanol–water partition coefficient (Wildman–Crippen LogP) is 1.77. The molecule has 1 N–H and O–H groups in total. The Labute approximate surface area is 123 Å². The van der Waals surface area contributed by atoms with E-state index in [1.807, 2.05) is 18.5 Å². The van der Waals surface area contributed by atoms with E-state index in [1.165, 1.54) is 0 Å². The summed E-state index contributed by atoms with van der Waals surface area (Å²) in [5, 5.41) is 3.04. The molecule has 0 aromatic heterocycles. The van der Waals surface area contributed by atoms with Crippen LogP contribution in [0.4, 0.5) is 0 Å². The van der Waals surface area contributed by atoms with Gasteiger partial charge in [0.05, 0.1) is 6.04 Å². The van der Waals surface area contributed by atoms with E-state index < -0.39 is 5.54 Å². The van der Waals surface area contributed by atoms with Crippen LogP contribution in [0.1, 0.15) is 33.6 Å². The second-order valence-corrected chi connectivity index (χ2v) is 7.14. The monoisotopic (exact) mass is 296 g/mol. The third-order valence-electron chi connectivity index (χ3n) is 4.62. The molecular formula is C15H25N2O2P. The fourth-order valence-corrected chi connectivity index (χ4v) is 3.83. The van der Waals surface area contributed by atoms with E-state index in [0.717, 1.165) is 13.0 Å². The zero-order valence-corrected chi connectivity index (χ0v) is 13.7. The molecular weight excluding hydrogens is 271 g/mol. The molecule has 0 spiro atoms. The van der Waals surface area contributed by atoms with Gasteiger partial charge < -0.3 is 5.32 Å². The van der Waals surface area contributed by atoms with Crippen LogP contribution in [0.3, 0.4) is 0 Å². The molecule has 5 unspecified atom stereocenters. The highest BCUT2D eigenvalue weighted by Gasteiger charge is 2.60. The van der Waals surface area contributed by atoms with Crippen molar-refractivity contribution in [3.8, 4) is 0 Å². The number of hydrogen-bond acceptors (Lipinski definition) is 3. The maximum atomic E-state index is 12.6. The van der Waals surface area contributed by atoms with Gasteiger partial charge in [0.15, 0.2) is 5.78 Å². The normalized spacial score (nSPS) is 37.0. The summed E-state index contributed by atoms with van der Waals surface area (Å²) in [4.78, 5) is 25.0.